The fraction of sp³-hybridized carbons (Fsp3) is 0.188. The summed E-state index contributed by atoms with van der Waals surface area (Å²) in [6, 6.07) is 12.7. The van der Waals surface area contributed by atoms with Crippen molar-refractivity contribution in [1.29, 1.82) is 0 Å². The number of hydrogen-bond acceptors (Lipinski definition) is 3. The van der Waals surface area contributed by atoms with Crippen molar-refractivity contribution in [1.82, 2.24) is 4.98 Å². The lowest BCUT2D eigenvalue weighted by Crippen LogP contribution is -2.11. The molecule has 0 radical (unpaired) electrons. The van der Waals surface area contributed by atoms with Gasteiger partial charge in [0.25, 0.3) is 0 Å². The second kappa shape index (κ2) is 5.51. The number of benzene rings is 1. The van der Waals surface area contributed by atoms with Crippen LogP contribution in [0.3, 0.4) is 0 Å². The molecule has 1 aromatic carbocycles. The summed E-state index contributed by atoms with van der Waals surface area (Å²) >= 11 is 1.77. The first kappa shape index (κ1) is 12.3. The molecule has 2 nitrogen and oxygen atoms in total. The highest BCUT2D eigenvalue weighted by molar-refractivity contribution is 7.17. The van der Waals surface area contributed by atoms with Crippen LogP contribution in [0.15, 0.2) is 54.2 Å². The normalized spacial score (nSPS) is 12.7. The molecular weight excluding hydrogens is 252 g/mol. The van der Waals surface area contributed by atoms with E-state index in [1.807, 2.05) is 12.3 Å². The highest BCUT2D eigenvalue weighted by Crippen LogP contribution is 2.29. The second-order valence-corrected chi connectivity index (χ2v) is 5.61. The summed E-state index contributed by atoms with van der Waals surface area (Å²) in [5.41, 5.74) is 8.86. The van der Waals surface area contributed by atoms with E-state index in [1.54, 1.807) is 17.5 Å². The molecule has 0 bridgehead atoms. The number of nitrogens with zero attached hydrogens (tertiary/aromatic N) is 1. The maximum absolute atomic E-state index is 6.35. The van der Waals surface area contributed by atoms with Crippen molar-refractivity contribution in [3.8, 4) is 0 Å². The lowest BCUT2D eigenvalue weighted by Gasteiger charge is -2.13. The molecule has 2 heterocycles. The number of hydrogen-bond donors (Lipinski definition) is 1. The summed E-state index contributed by atoms with van der Waals surface area (Å²) in [5, 5.41) is 3.42. The summed E-state index contributed by atoms with van der Waals surface area (Å²) < 4.78 is 1.32. The molecule has 0 saturated heterocycles. The molecule has 0 saturated carbocycles. The van der Waals surface area contributed by atoms with Crippen LogP contribution in [0.5, 0.6) is 0 Å². The standard InChI is InChI=1S/C16H16N2S/c17-15(7-6-12-3-2-9-18-11-12)14-5-1-4-13-8-10-19-16(13)14/h1-5,8-11,15H,6-7,17H2. The SMILES string of the molecule is NC(CCc1cccnc1)c1cccc2ccsc12. The van der Waals surface area contributed by atoms with E-state index in [-0.39, 0.29) is 6.04 Å². The van der Waals surface area contributed by atoms with Gasteiger partial charge in [-0.15, -0.1) is 11.3 Å². The topological polar surface area (TPSA) is 38.9 Å². The van der Waals surface area contributed by atoms with Crippen LogP contribution < -0.4 is 5.73 Å². The Bertz CT molecular complexity index is 661. The first-order valence-electron chi connectivity index (χ1n) is 6.45. The van der Waals surface area contributed by atoms with Crippen molar-refractivity contribution in [3.63, 3.8) is 0 Å². The van der Waals surface area contributed by atoms with E-state index >= 15 is 0 Å². The number of rotatable bonds is 4. The van der Waals surface area contributed by atoms with Gasteiger partial charge in [-0.1, -0.05) is 24.3 Å². The van der Waals surface area contributed by atoms with Crippen LogP contribution in [-0.2, 0) is 6.42 Å². The zero-order chi connectivity index (χ0) is 13.1. The number of aromatic nitrogens is 1. The van der Waals surface area contributed by atoms with Crippen LogP contribution in [0, 0.1) is 0 Å². The first-order chi connectivity index (χ1) is 9.34. The highest BCUT2D eigenvalue weighted by atomic mass is 32.1. The quantitative estimate of drug-likeness (QED) is 0.778. The molecular formula is C16H16N2S. The highest BCUT2D eigenvalue weighted by Gasteiger charge is 2.10. The number of aryl methyl sites for hydroxylation is 1. The molecule has 19 heavy (non-hydrogen) atoms. The van der Waals surface area contributed by atoms with E-state index < -0.39 is 0 Å². The smallest absolute Gasteiger partial charge is 0.0390 e. The number of fused-ring (bicyclic) bond motifs is 1. The zero-order valence-corrected chi connectivity index (χ0v) is 11.4. The third-order valence-electron chi connectivity index (χ3n) is 3.38. The average Bonchev–Trinajstić information content (AvgIpc) is 2.94. The Balaban J connectivity index is 1.77. The van der Waals surface area contributed by atoms with E-state index in [0.717, 1.165) is 12.8 Å². The molecule has 96 valence electrons. The van der Waals surface area contributed by atoms with Crippen molar-refractivity contribution < 1.29 is 0 Å². The third kappa shape index (κ3) is 2.67. The number of thiophene rings is 1. The molecule has 0 aliphatic heterocycles. The van der Waals surface area contributed by atoms with Gasteiger partial charge in [-0.05, 0) is 46.9 Å². The fourth-order valence-electron chi connectivity index (χ4n) is 2.33. The molecule has 0 amide bonds. The van der Waals surface area contributed by atoms with Crippen LogP contribution in [0.2, 0.25) is 0 Å². The number of pyridine rings is 1. The van der Waals surface area contributed by atoms with Crippen LogP contribution in [0.1, 0.15) is 23.6 Å². The van der Waals surface area contributed by atoms with Crippen molar-refractivity contribution in [2.24, 2.45) is 5.73 Å². The van der Waals surface area contributed by atoms with Gasteiger partial charge >= 0.3 is 0 Å². The van der Waals surface area contributed by atoms with Gasteiger partial charge in [0.15, 0.2) is 0 Å². The van der Waals surface area contributed by atoms with Gasteiger partial charge < -0.3 is 5.73 Å². The lowest BCUT2D eigenvalue weighted by molar-refractivity contribution is 0.655. The van der Waals surface area contributed by atoms with Gasteiger partial charge in [-0.3, -0.25) is 4.98 Å². The molecule has 0 aliphatic carbocycles. The zero-order valence-electron chi connectivity index (χ0n) is 10.6. The van der Waals surface area contributed by atoms with Crippen LogP contribution in [0.4, 0.5) is 0 Å². The average molecular weight is 268 g/mol. The molecule has 0 fully saturated rings. The Hall–Kier alpha value is -1.71. The molecule has 2 N–H and O–H groups in total. The summed E-state index contributed by atoms with van der Waals surface area (Å²) in [4.78, 5) is 4.14. The number of nitrogens with two attached hydrogens (primary N) is 1. The fourth-order valence-corrected chi connectivity index (χ4v) is 3.31. The van der Waals surface area contributed by atoms with E-state index in [9.17, 15) is 0 Å². The maximum Gasteiger partial charge on any atom is 0.0390 e. The first-order valence-corrected chi connectivity index (χ1v) is 7.33. The minimum Gasteiger partial charge on any atom is -0.324 e. The predicted octanol–water partition coefficient (Wildman–Crippen LogP) is 3.93. The van der Waals surface area contributed by atoms with Gasteiger partial charge in [-0.2, -0.15) is 0 Å². The molecule has 0 spiro atoms. The third-order valence-corrected chi connectivity index (χ3v) is 4.35. The Kier molecular flexibility index (Phi) is 3.58. The summed E-state index contributed by atoms with van der Waals surface area (Å²) in [7, 11) is 0. The van der Waals surface area contributed by atoms with Crippen LogP contribution in [0.25, 0.3) is 10.1 Å². The minimum atomic E-state index is 0.0857. The Morgan fingerprint density at radius 2 is 2.11 bits per heavy atom. The monoisotopic (exact) mass is 268 g/mol. The van der Waals surface area contributed by atoms with Crippen LogP contribution in [-0.4, -0.2) is 4.98 Å². The van der Waals surface area contributed by atoms with Crippen molar-refractivity contribution in [2.75, 3.05) is 0 Å². The largest absolute Gasteiger partial charge is 0.324 e. The minimum absolute atomic E-state index is 0.0857. The van der Waals surface area contributed by atoms with E-state index in [2.05, 4.69) is 40.7 Å². The summed E-state index contributed by atoms with van der Waals surface area (Å²) in [6.07, 6.45) is 5.63. The van der Waals surface area contributed by atoms with Gasteiger partial charge in [-0.25, -0.2) is 0 Å². The molecule has 2 aromatic heterocycles. The Labute approximate surface area is 116 Å². The molecule has 3 heteroatoms. The van der Waals surface area contributed by atoms with E-state index in [0.29, 0.717) is 0 Å². The van der Waals surface area contributed by atoms with Crippen molar-refractivity contribution in [3.05, 3.63) is 65.3 Å². The van der Waals surface area contributed by atoms with Gasteiger partial charge in [0, 0.05) is 23.1 Å². The van der Waals surface area contributed by atoms with Gasteiger partial charge in [0.2, 0.25) is 0 Å². The molecule has 3 rings (SSSR count). The van der Waals surface area contributed by atoms with Gasteiger partial charge in [0.05, 0.1) is 0 Å². The van der Waals surface area contributed by atoms with Gasteiger partial charge in [0.1, 0.15) is 0 Å². The Morgan fingerprint density at radius 3 is 2.95 bits per heavy atom. The summed E-state index contributed by atoms with van der Waals surface area (Å²) in [5.74, 6) is 0. The molecule has 0 aliphatic rings. The second-order valence-electron chi connectivity index (χ2n) is 4.69. The predicted molar refractivity (Wildman–Crippen MR) is 81.3 cm³/mol. The maximum atomic E-state index is 6.35. The molecule has 1 unspecified atom stereocenters. The summed E-state index contributed by atoms with van der Waals surface area (Å²) in [6.45, 7) is 0. The van der Waals surface area contributed by atoms with Crippen molar-refractivity contribution in [2.45, 2.75) is 18.9 Å². The van der Waals surface area contributed by atoms with Crippen LogP contribution >= 0.6 is 11.3 Å². The lowest BCUT2D eigenvalue weighted by atomic mass is 9.99. The van der Waals surface area contributed by atoms with E-state index in [4.69, 9.17) is 5.73 Å². The molecule has 3 aromatic rings. The van der Waals surface area contributed by atoms with Crippen molar-refractivity contribution >= 4 is 21.4 Å². The molecule has 1 atom stereocenters. The van der Waals surface area contributed by atoms with E-state index in [1.165, 1.54) is 21.2 Å². The Morgan fingerprint density at radius 1 is 1.16 bits per heavy atom.